The highest BCUT2D eigenvalue weighted by Gasteiger charge is 2.79. The van der Waals surface area contributed by atoms with E-state index in [0.717, 1.165) is 10.0 Å². The summed E-state index contributed by atoms with van der Waals surface area (Å²) in [5.74, 6) is -3.10. The average molecular weight is 577 g/mol. The zero-order valence-corrected chi connectivity index (χ0v) is 22.4. The van der Waals surface area contributed by atoms with Gasteiger partial charge >= 0.3 is 0 Å². The zero-order chi connectivity index (χ0) is 27.1. The molecule has 1 saturated heterocycles. The molecule has 1 aliphatic heterocycles. The third-order valence-electron chi connectivity index (χ3n) is 8.42. The molecular weight excluding hydrogens is 556 g/mol. The SMILES string of the molecule is Cc1ccc([C@H]2C3(O[C@H](c4ccc(Br)cc4)C24C(=O)c2ccccc2C4=O)C(=O)c2ccccc2C3=O)cc1. The van der Waals surface area contributed by atoms with Crippen molar-refractivity contribution in [2.24, 2.45) is 5.41 Å². The molecule has 0 N–H and O–H groups in total. The number of carbonyl (C=O) groups is 4. The van der Waals surface area contributed by atoms with Gasteiger partial charge in [-0.3, -0.25) is 19.2 Å². The van der Waals surface area contributed by atoms with Crippen LogP contribution >= 0.6 is 15.9 Å². The van der Waals surface area contributed by atoms with Gasteiger partial charge in [-0.05, 0) is 30.2 Å². The number of rotatable bonds is 2. The van der Waals surface area contributed by atoms with Crippen molar-refractivity contribution in [3.8, 4) is 0 Å². The first-order valence-corrected chi connectivity index (χ1v) is 13.5. The third kappa shape index (κ3) is 2.93. The minimum absolute atomic E-state index is 0.238. The summed E-state index contributed by atoms with van der Waals surface area (Å²) in [6.45, 7) is 1.93. The van der Waals surface area contributed by atoms with Gasteiger partial charge in [-0.25, -0.2) is 0 Å². The maximum Gasteiger partial charge on any atom is 0.204 e. The number of carbonyl (C=O) groups excluding carboxylic acids is 4. The van der Waals surface area contributed by atoms with Crippen LogP contribution in [-0.2, 0) is 4.74 Å². The van der Waals surface area contributed by atoms with Crippen LogP contribution in [0.25, 0.3) is 0 Å². The van der Waals surface area contributed by atoms with Crippen LogP contribution in [0.3, 0.4) is 0 Å². The largest absolute Gasteiger partial charge is 0.348 e. The molecule has 4 aromatic carbocycles. The summed E-state index contributed by atoms with van der Waals surface area (Å²) in [5, 5.41) is 0. The van der Waals surface area contributed by atoms with Crippen molar-refractivity contribution in [3.05, 3.63) is 140 Å². The lowest BCUT2D eigenvalue weighted by atomic mass is 9.60. The molecule has 2 aliphatic carbocycles. The van der Waals surface area contributed by atoms with Crippen molar-refractivity contribution < 1.29 is 23.9 Å². The molecule has 0 radical (unpaired) electrons. The van der Waals surface area contributed by atoms with Crippen molar-refractivity contribution in [2.45, 2.75) is 24.5 Å². The Labute approximate surface area is 232 Å². The van der Waals surface area contributed by atoms with Crippen LogP contribution in [-0.4, -0.2) is 28.7 Å². The molecule has 190 valence electrons. The summed E-state index contributed by atoms with van der Waals surface area (Å²) in [4.78, 5) is 58.0. The second-order valence-electron chi connectivity index (χ2n) is 10.4. The van der Waals surface area contributed by atoms with Crippen LogP contribution in [0.4, 0.5) is 0 Å². The fourth-order valence-corrected chi connectivity index (χ4v) is 6.99. The Morgan fingerprint density at radius 2 is 1.03 bits per heavy atom. The molecule has 2 spiro atoms. The first kappa shape index (κ1) is 24.1. The Kier molecular flexibility index (Phi) is 5.09. The van der Waals surface area contributed by atoms with E-state index >= 15 is 0 Å². The molecular formula is C33H21BrO5. The van der Waals surface area contributed by atoms with Gasteiger partial charge in [0.25, 0.3) is 0 Å². The topological polar surface area (TPSA) is 77.5 Å². The molecule has 0 saturated carbocycles. The minimum atomic E-state index is -2.08. The Morgan fingerprint density at radius 3 is 1.51 bits per heavy atom. The van der Waals surface area contributed by atoms with Crippen LogP contribution in [0.5, 0.6) is 0 Å². The fraction of sp³-hybridized carbons (Fsp3) is 0.152. The van der Waals surface area contributed by atoms with Gasteiger partial charge in [0, 0.05) is 26.7 Å². The van der Waals surface area contributed by atoms with Crippen molar-refractivity contribution in [1.29, 1.82) is 0 Å². The van der Waals surface area contributed by atoms with Crippen LogP contribution < -0.4 is 0 Å². The number of hydrogen-bond acceptors (Lipinski definition) is 5. The van der Waals surface area contributed by atoms with Crippen molar-refractivity contribution in [3.63, 3.8) is 0 Å². The second kappa shape index (κ2) is 8.25. The molecule has 0 amide bonds. The fourth-order valence-electron chi connectivity index (χ4n) is 6.72. The monoisotopic (exact) mass is 576 g/mol. The van der Waals surface area contributed by atoms with Gasteiger partial charge in [0.15, 0.2) is 11.6 Å². The molecule has 0 aromatic heterocycles. The Bertz CT molecular complexity index is 1660. The molecule has 5 nitrogen and oxygen atoms in total. The van der Waals surface area contributed by atoms with E-state index in [9.17, 15) is 19.2 Å². The van der Waals surface area contributed by atoms with E-state index in [1.54, 1.807) is 84.9 Å². The minimum Gasteiger partial charge on any atom is -0.348 e. The molecule has 2 atom stereocenters. The predicted molar refractivity (Wildman–Crippen MR) is 147 cm³/mol. The summed E-state index contributed by atoms with van der Waals surface area (Å²) < 4.78 is 7.50. The average Bonchev–Trinajstić information content (AvgIpc) is 3.48. The lowest BCUT2D eigenvalue weighted by molar-refractivity contribution is -0.0210. The first-order valence-electron chi connectivity index (χ1n) is 12.7. The molecule has 39 heavy (non-hydrogen) atoms. The summed E-state index contributed by atoms with van der Waals surface area (Å²) in [7, 11) is 0. The van der Waals surface area contributed by atoms with Crippen molar-refractivity contribution >= 4 is 39.1 Å². The van der Waals surface area contributed by atoms with Crippen molar-refractivity contribution in [2.75, 3.05) is 0 Å². The number of aryl methyl sites for hydroxylation is 1. The number of ether oxygens (including phenoxy) is 1. The molecule has 1 heterocycles. The van der Waals surface area contributed by atoms with Gasteiger partial charge < -0.3 is 4.74 Å². The molecule has 7 rings (SSSR count). The molecule has 1 fully saturated rings. The number of ketones is 4. The highest BCUT2D eigenvalue weighted by atomic mass is 79.9. The highest BCUT2D eigenvalue weighted by Crippen LogP contribution is 2.67. The summed E-state index contributed by atoms with van der Waals surface area (Å²) in [6, 6.07) is 27.7. The highest BCUT2D eigenvalue weighted by molar-refractivity contribution is 9.10. The van der Waals surface area contributed by atoms with Gasteiger partial charge in [0.05, 0.1) is 5.92 Å². The number of halogens is 1. The number of Topliss-reactive ketones (excluding diaryl/α,β-unsaturated/α-hetero) is 4. The van der Waals surface area contributed by atoms with E-state index in [1.165, 1.54) is 0 Å². The van der Waals surface area contributed by atoms with E-state index in [0.29, 0.717) is 11.1 Å². The van der Waals surface area contributed by atoms with Gasteiger partial charge in [0.2, 0.25) is 17.2 Å². The molecule has 4 aromatic rings. The van der Waals surface area contributed by atoms with E-state index in [1.807, 2.05) is 19.1 Å². The third-order valence-corrected chi connectivity index (χ3v) is 8.95. The lowest BCUT2D eigenvalue weighted by Crippen LogP contribution is -2.51. The summed E-state index contributed by atoms with van der Waals surface area (Å²) in [6.07, 6.45) is -1.17. The van der Waals surface area contributed by atoms with Gasteiger partial charge in [-0.15, -0.1) is 0 Å². The molecule has 0 bridgehead atoms. The summed E-state index contributed by atoms with van der Waals surface area (Å²) in [5.41, 5.74) is -0.879. The van der Waals surface area contributed by atoms with Crippen molar-refractivity contribution in [1.82, 2.24) is 0 Å². The lowest BCUT2D eigenvalue weighted by Gasteiger charge is -2.34. The quantitative estimate of drug-likeness (QED) is 0.255. The van der Waals surface area contributed by atoms with Gasteiger partial charge in [-0.2, -0.15) is 0 Å². The first-order chi connectivity index (χ1) is 18.8. The standard InChI is InChI=1S/C33H21BrO5/c1-18-10-12-19(13-11-18)26-32(27(35)22-6-2-3-7-23(22)28(32)36)31(20-14-16-21(34)17-15-20)39-33(26)29(37)24-8-4-5-9-25(24)30(33)38/h2-17,26,31H,1H3/t26-,31-/m1/s1. The molecule has 0 unspecified atom stereocenters. The number of hydrogen-bond donors (Lipinski definition) is 0. The Hall–Kier alpha value is -4.00. The Balaban J connectivity index is 1.59. The smallest absolute Gasteiger partial charge is 0.204 e. The summed E-state index contributed by atoms with van der Waals surface area (Å²) >= 11 is 3.45. The van der Waals surface area contributed by atoms with Crippen LogP contribution in [0, 0.1) is 12.3 Å². The van der Waals surface area contributed by atoms with Crippen LogP contribution in [0.15, 0.2) is 102 Å². The van der Waals surface area contributed by atoms with E-state index in [-0.39, 0.29) is 22.3 Å². The van der Waals surface area contributed by atoms with Gasteiger partial charge in [0.1, 0.15) is 11.5 Å². The van der Waals surface area contributed by atoms with E-state index in [2.05, 4.69) is 15.9 Å². The van der Waals surface area contributed by atoms with Crippen LogP contribution in [0.1, 0.15) is 70.1 Å². The molecule has 3 aliphatic rings. The normalized spacial score (nSPS) is 22.1. The second-order valence-corrected chi connectivity index (χ2v) is 11.3. The van der Waals surface area contributed by atoms with Gasteiger partial charge in [-0.1, -0.05) is 106 Å². The maximum atomic E-state index is 14.6. The van der Waals surface area contributed by atoms with E-state index < -0.39 is 46.2 Å². The predicted octanol–water partition coefficient (Wildman–Crippen LogP) is 6.50. The zero-order valence-electron chi connectivity index (χ0n) is 20.8. The Morgan fingerprint density at radius 1 is 0.590 bits per heavy atom. The van der Waals surface area contributed by atoms with E-state index in [4.69, 9.17) is 4.74 Å². The number of benzene rings is 4. The molecule has 6 heteroatoms. The number of fused-ring (bicyclic) bond motifs is 2. The maximum absolute atomic E-state index is 14.6. The van der Waals surface area contributed by atoms with Crippen LogP contribution in [0.2, 0.25) is 0 Å².